The lowest BCUT2D eigenvalue weighted by molar-refractivity contribution is 0.0932. The molecule has 2 aromatic heterocycles. The van der Waals surface area contributed by atoms with Crippen LogP contribution in [0.5, 0.6) is 0 Å². The molecule has 1 fully saturated rings. The van der Waals surface area contributed by atoms with Gasteiger partial charge in [-0.15, -0.1) is 0 Å². The Hall–Kier alpha value is -3.19. The zero-order chi connectivity index (χ0) is 19.3. The van der Waals surface area contributed by atoms with Crippen LogP contribution in [-0.4, -0.2) is 40.4 Å². The van der Waals surface area contributed by atoms with Gasteiger partial charge in [0.15, 0.2) is 0 Å². The van der Waals surface area contributed by atoms with E-state index in [1.165, 1.54) is 6.20 Å². The van der Waals surface area contributed by atoms with E-state index in [4.69, 9.17) is 4.42 Å². The zero-order valence-electron chi connectivity index (χ0n) is 15.4. The fraction of sp³-hybridized carbons (Fsp3) is 0.286. The van der Waals surface area contributed by atoms with Gasteiger partial charge in [-0.25, -0.2) is 4.98 Å². The molecule has 1 atom stereocenters. The molecule has 1 unspecified atom stereocenters. The summed E-state index contributed by atoms with van der Waals surface area (Å²) in [6.45, 7) is 2.30. The Morgan fingerprint density at radius 1 is 1.18 bits per heavy atom. The lowest BCUT2D eigenvalue weighted by Gasteiger charge is -2.25. The van der Waals surface area contributed by atoms with Gasteiger partial charge in [-0.05, 0) is 38.1 Å². The Balaban J connectivity index is 1.48. The van der Waals surface area contributed by atoms with Crippen molar-refractivity contribution in [1.29, 1.82) is 0 Å². The Labute approximate surface area is 162 Å². The topological polar surface area (TPSA) is 91.2 Å². The SMILES string of the molecule is O=C(NCC(c1ccco1)N1CCCC1)c1cnc(-c2ccccc2)[nH]c1=O. The summed E-state index contributed by atoms with van der Waals surface area (Å²) in [4.78, 5) is 34.2. The standard InChI is InChI=1S/C21H22N4O3/c26-20(16-13-22-19(24-21(16)27)15-7-2-1-3-8-15)23-14-17(18-9-6-12-28-18)25-10-4-5-11-25/h1-3,6-9,12-13,17H,4-5,10-11,14H2,(H,23,26)(H,22,24,27). The number of nitrogens with zero attached hydrogens (tertiary/aromatic N) is 2. The molecule has 0 bridgehead atoms. The van der Waals surface area contributed by atoms with E-state index >= 15 is 0 Å². The van der Waals surface area contributed by atoms with Crippen LogP contribution in [0.4, 0.5) is 0 Å². The van der Waals surface area contributed by atoms with E-state index < -0.39 is 11.5 Å². The highest BCUT2D eigenvalue weighted by Gasteiger charge is 2.26. The zero-order valence-corrected chi connectivity index (χ0v) is 15.4. The smallest absolute Gasteiger partial charge is 0.264 e. The maximum atomic E-state index is 12.6. The third-order valence-corrected chi connectivity index (χ3v) is 5.00. The quantitative estimate of drug-likeness (QED) is 0.688. The van der Waals surface area contributed by atoms with Crippen LogP contribution in [0, 0.1) is 0 Å². The highest BCUT2D eigenvalue weighted by atomic mass is 16.3. The molecule has 1 aromatic carbocycles. The molecule has 144 valence electrons. The molecular formula is C21H22N4O3. The number of amides is 1. The van der Waals surface area contributed by atoms with Crippen molar-refractivity contribution < 1.29 is 9.21 Å². The molecule has 0 spiro atoms. The van der Waals surface area contributed by atoms with E-state index in [9.17, 15) is 9.59 Å². The van der Waals surface area contributed by atoms with Crippen LogP contribution in [0.25, 0.3) is 11.4 Å². The molecule has 2 N–H and O–H groups in total. The molecule has 0 aliphatic carbocycles. The fourth-order valence-corrected chi connectivity index (χ4v) is 3.53. The molecule has 1 amide bonds. The lowest BCUT2D eigenvalue weighted by Crippen LogP contribution is -2.38. The largest absolute Gasteiger partial charge is 0.468 e. The summed E-state index contributed by atoms with van der Waals surface area (Å²) in [5.41, 5.74) is 0.333. The number of H-pyrrole nitrogens is 1. The number of furan rings is 1. The number of benzene rings is 1. The van der Waals surface area contributed by atoms with Crippen LogP contribution in [0.15, 0.2) is 64.1 Å². The summed E-state index contributed by atoms with van der Waals surface area (Å²) in [5.74, 6) is 0.811. The molecule has 4 rings (SSSR count). The minimum atomic E-state index is -0.456. The number of rotatable bonds is 6. The second-order valence-electron chi connectivity index (χ2n) is 6.82. The van der Waals surface area contributed by atoms with Crippen LogP contribution < -0.4 is 10.9 Å². The molecule has 7 heteroatoms. The van der Waals surface area contributed by atoms with E-state index in [1.54, 1.807) is 6.26 Å². The van der Waals surface area contributed by atoms with Crippen LogP contribution in [0.3, 0.4) is 0 Å². The van der Waals surface area contributed by atoms with Crippen molar-refractivity contribution in [2.24, 2.45) is 0 Å². The second kappa shape index (κ2) is 8.22. The number of aromatic amines is 1. The minimum Gasteiger partial charge on any atom is -0.468 e. The number of carbonyl (C=O) groups is 1. The number of likely N-dealkylation sites (tertiary alicyclic amines) is 1. The van der Waals surface area contributed by atoms with Gasteiger partial charge >= 0.3 is 0 Å². The molecule has 3 heterocycles. The fourth-order valence-electron chi connectivity index (χ4n) is 3.53. The summed E-state index contributed by atoms with van der Waals surface area (Å²) in [7, 11) is 0. The van der Waals surface area contributed by atoms with Gasteiger partial charge in [-0.3, -0.25) is 14.5 Å². The molecule has 1 aliphatic rings. The van der Waals surface area contributed by atoms with E-state index in [0.717, 1.165) is 37.3 Å². The first-order chi connectivity index (χ1) is 13.7. The lowest BCUT2D eigenvalue weighted by atomic mass is 10.2. The van der Waals surface area contributed by atoms with Crippen LogP contribution >= 0.6 is 0 Å². The molecule has 1 saturated heterocycles. The van der Waals surface area contributed by atoms with E-state index in [1.807, 2.05) is 42.5 Å². The van der Waals surface area contributed by atoms with Crippen molar-refractivity contribution in [1.82, 2.24) is 20.2 Å². The van der Waals surface area contributed by atoms with Gasteiger partial charge < -0.3 is 14.7 Å². The van der Waals surface area contributed by atoms with Crippen molar-refractivity contribution >= 4 is 5.91 Å². The predicted molar refractivity (Wildman–Crippen MR) is 105 cm³/mol. The Morgan fingerprint density at radius 3 is 2.64 bits per heavy atom. The Kier molecular flexibility index (Phi) is 5.34. The Bertz CT molecular complexity index is 976. The summed E-state index contributed by atoms with van der Waals surface area (Å²) in [6, 6.07) is 13.0. The first-order valence-electron chi connectivity index (χ1n) is 9.43. The molecule has 0 saturated carbocycles. The molecular weight excluding hydrogens is 356 g/mol. The number of hydrogen-bond acceptors (Lipinski definition) is 5. The van der Waals surface area contributed by atoms with Crippen molar-refractivity contribution in [3.8, 4) is 11.4 Å². The minimum absolute atomic E-state index is 0.000650. The van der Waals surface area contributed by atoms with Crippen molar-refractivity contribution in [3.05, 3.63) is 76.6 Å². The van der Waals surface area contributed by atoms with Crippen molar-refractivity contribution in [2.75, 3.05) is 19.6 Å². The van der Waals surface area contributed by atoms with Gasteiger partial charge in [0.1, 0.15) is 17.1 Å². The normalized spacial score (nSPS) is 15.4. The van der Waals surface area contributed by atoms with Crippen molar-refractivity contribution in [3.63, 3.8) is 0 Å². The van der Waals surface area contributed by atoms with E-state index in [-0.39, 0.29) is 11.6 Å². The third kappa shape index (κ3) is 3.89. The summed E-state index contributed by atoms with van der Waals surface area (Å²) in [6.07, 6.45) is 5.23. The second-order valence-corrected chi connectivity index (χ2v) is 6.82. The van der Waals surface area contributed by atoms with Gasteiger partial charge in [0.05, 0.1) is 12.3 Å². The van der Waals surface area contributed by atoms with Crippen LogP contribution in [0.2, 0.25) is 0 Å². The van der Waals surface area contributed by atoms with Gasteiger partial charge in [0, 0.05) is 18.3 Å². The van der Waals surface area contributed by atoms with E-state index in [2.05, 4.69) is 20.2 Å². The molecule has 1 aliphatic heterocycles. The maximum Gasteiger partial charge on any atom is 0.264 e. The Morgan fingerprint density at radius 2 is 1.96 bits per heavy atom. The van der Waals surface area contributed by atoms with Gasteiger partial charge in [-0.2, -0.15) is 0 Å². The van der Waals surface area contributed by atoms with Gasteiger partial charge in [-0.1, -0.05) is 30.3 Å². The average Bonchev–Trinajstić information content (AvgIpc) is 3.43. The monoisotopic (exact) mass is 378 g/mol. The summed E-state index contributed by atoms with van der Waals surface area (Å²) in [5, 5.41) is 2.86. The molecule has 3 aromatic rings. The van der Waals surface area contributed by atoms with Crippen LogP contribution in [0.1, 0.15) is 35.0 Å². The van der Waals surface area contributed by atoms with Crippen molar-refractivity contribution in [2.45, 2.75) is 18.9 Å². The maximum absolute atomic E-state index is 12.6. The number of carbonyl (C=O) groups excluding carboxylic acids is 1. The average molecular weight is 378 g/mol. The predicted octanol–water partition coefficient (Wildman–Crippen LogP) is 2.60. The van der Waals surface area contributed by atoms with Crippen LogP contribution in [-0.2, 0) is 0 Å². The summed E-state index contributed by atoms with van der Waals surface area (Å²) >= 11 is 0. The third-order valence-electron chi connectivity index (χ3n) is 5.00. The molecule has 0 radical (unpaired) electrons. The van der Waals surface area contributed by atoms with E-state index in [0.29, 0.717) is 12.4 Å². The molecule has 7 nitrogen and oxygen atoms in total. The van der Waals surface area contributed by atoms with Gasteiger partial charge in [0.25, 0.3) is 11.5 Å². The number of aromatic nitrogens is 2. The highest BCUT2D eigenvalue weighted by molar-refractivity contribution is 5.93. The number of nitrogens with one attached hydrogen (secondary N) is 2. The van der Waals surface area contributed by atoms with Gasteiger partial charge in [0.2, 0.25) is 0 Å². The summed E-state index contributed by atoms with van der Waals surface area (Å²) < 4.78 is 5.56. The molecule has 28 heavy (non-hydrogen) atoms. The first kappa shape index (κ1) is 18.2. The first-order valence-corrected chi connectivity index (χ1v) is 9.43. The highest BCUT2D eigenvalue weighted by Crippen LogP contribution is 2.24. The number of hydrogen-bond donors (Lipinski definition) is 2.